The van der Waals surface area contributed by atoms with Gasteiger partial charge in [-0.3, -0.25) is 14.5 Å². The van der Waals surface area contributed by atoms with Crippen LogP contribution in [0, 0.1) is 0 Å². The van der Waals surface area contributed by atoms with Crippen molar-refractivity contribution in [2.24, 2.45) is 5.16 Å². The molecule has 2 atom stereocenters. The van der Waals surface area contributed by atoms with Crippen LogP contribution in [0.5, 0.6) is 0 Å². The number of β-lactam (4-membered cyclic amide) rings is 1. The first-order valence-electron chi connectivity index (χ1n) is 11.4. The average molecular weight is 543 g/mol. The molecule has 2 aliphatic heterocycles. The van der Waals surface area contributed by atoms with Gasteiger partial charge < -0.3 is 21.0 Å². The maximum atomic E-state index is 13.1. The summed E-state index contributed by atoms with van der Waals surface area (Å²) in [7, 11) is 0. The molecule has 192 valence electrons. The van der Waals surface area contributed by atoms with Crippen LogP contribution in [-0.2, 0) is 25.8 Å². The number of thioether (sulfide) groups is 1. The highest BCUT2D eigenvalue weighted by Gasteiger charge is 2.54. The Hall–Kier alpha value is -3.91. The lowest BCUT2D eigenvalue weighted by molar-refractivity contribution is -0.662. The number of thiazole rings is 1. The number of imidazole rings is 1. The van der Waals surface area contributed by atoms with Crippen molar-refractivity contribution in [1.29, 1.82) is 0 Å². The molecule has 1 saturated heterocycles. The van der Waals surface area contributed by atoms with Crippen LogP contribution in [0.4, 0.5) is 5.13 Å². The topological polar surface area (TPSA) is 156 Å². The number of nitrogen functional groups attached to an aromatic ring is 1. The van der Waals surface area contributed by atoms with E-state index in [-0.39, 0.29) is 28.3 Å². The summed E-state index contributed by atoms with van der Waals surface area (Å²) in [6.07, 6.45) is 5.37. The number of hydrogen-bond acceptors (Lipinski definition) is 9. The molecule has 0 saturated carbocycles. The van der Waals surface area contributed by atoms with Crippen LogP contribution in [0.15, 0.2) is 58.6 Å². The maximum absolute atomic E-state index is 13.1. The lowest BCUT2D eigenvalue weighted by atomic mass is 10.0. The van der Waals surface area contributed by atoms with Crippen LogP contribution in [0.1, 0.15) is 19.5 Å². The number of anilines is 1. The third-order valence-electron chi connectivity index (χ3n) is 5.80. The van der Waals surface area contributed by atoms with Crippen LogP contribution in [0.2, 0.25) is 0 Å². The van der Waals surface area contributed by atoms with Gasteiger partial charge in [0.1, 0.15) is 47.8 Å². The number of nitrogens with zero attached hydrogens (tertiary/aromatic N) is 5. The highest BCUT2D eigenvalue weighted by atomic mass is 32.2. The van der Waals surface area contributed by atoms with Gasteiger partial charge in [0, 0.05) is 22.8 Å². The zero-order valence-electron chi connectivity index (χ0n) is 19.9. The molecule has 5 heterocycles. The second kappa shape index (κ2) is 9.86. The first kappa shape index (κ1) is 24.8. The van der Waals surface area contributed by atoms with Gasteiger partial charge >= 0.3 is 5.97 Å². The van der Waals surface area contributed by atoms with E-state index in [1.165, 1.54) is 16.7 Å². The number of carbonyl (C=O) groups excluding carboxylic acids is 2. The molecule has 0 aromatic carbocycles. The van der Waals surface area contributed by atoms with Crippen molar-refractivity contribution in [3.05, 3.63) is 59.1 Å². The molecule has 0 aliphatic carbocycles. The van der Waals surface area contributed by atoms with Crippen LogP contribution in [0.3, 0.4) is 0 Å². The lowest BCUT2D eigenvalue weighted by Crippen LogP contribution is -2.71. The molecule has 3 aromatic rings. The monoisotopic (exact) mass is 542 g/mol. The predicted molar refractivity (Wildman–Crippen MR) is 137 cm³/mol. The molecule has 2 aliphatic rings. The molecule has 12 nitrogen and oxygen atoms in total. The molecular weight excluding hydrogens is 518 g/mol. The zero-order valence-corrected chi connectivity index (χ0v) is 21.5. The lowest BCUT2D eigenvalue weighted by Gasteiger charge is -2.49. The number of aromatic nitrogens is 3. The Bertz CT molecular complexity index is 1460. The molecular formula is C23H24N7O5S2+. The molecule has 3 aromatic heterocycles. The molecule has 4 N–H and O–H groups in total. The Morgan fingerprint density at radius 3 is 2.89 bits per heavy atom. The molecule has 5 rings (SSSR count). The number of oxime groups is 1. The Morgan fingerprint density at radius 1 is 1.38 bits per heavy atom. The van der Waals surface area contributed by atoms with Crippen LogP contribution in [0.25, 0.3) is 5.65 Å². The number of rotatable bonds is 8. The van der Waals surface area contributed by atoms with E-state index in [9.17, 15) is 19.5 Å². The van der Waals surface area contributed by atoms with E-state index >= 15 is 0 Å². The molecule has 2 amide bonds. The molecule has 0 bridgehead atoms. The summed E-state index contributed by atoms with van der Waals surface area (Å²) in [6.45, 7) is 3.83. The van der Waals surface area contributed by atoms with Gasteiger partial charge in [-0.25, -0.2) is 18.7 Å². The van der Waals surface area contributed by atoms with Crippen LogP contribution in [-0.4, -0.2) is 66.2 Å². The summed E-state index contributed by atoms with van der Waals surface area (Å²) < 4.78 is 3.86. The fourth-order valence-electron chi connectivity index (χ4n) is 4.16. The molecule has 37 heavy (non-hydrogen) atoms. The summed E-state index contributed by atoms with van der Waals surface area (Å²) in [5, 5.41) is 17.9. The van der Waals surface area contributed by atoms with Crippen molar-refractivity contribution >= 4 is 57.4 Å². The van der Waals surface area contributed by atoms with Crippen LogP contribution >= 0.6 is 23.1 Å². The minimum Gasteiger partial charge on any atom is -0.477 e. The average Bonchev–Trinajstić information content (AvgIpc) is 3.48. The Morgan fingerprint density at radius 2 is 2.19 bits per heavy atom. The summed E-state index contributed by atoms with van der Waals surface area (Å²) in [5.74, 6) is -1.96. The summed E-state index contributed by atoms with van der Waals surface area (Å²) in [5.41, 5.74) is 7.28. The van der Waals surface area contributed by atoms with Gasteiger partial charge in [0.25, 0.3) is 17.5 Å². The molecule has 14 heteroatoms. The van der Waals surface area contributed by atoms with Crippen molar-refractivity contribution in [2.75, 3.05) is 11.5 Å². The number of aliphatic carboxylic acids is 1. The fraction of sp³-hybridized carbons (Fsp3) is 0.304. The van der Waals surface area contributed by atoms with E-state index in [2.05, 4.69) is 15.5 Å². The van der Waals surface area contributed by atoms with E-state index in [4.69, 9.17) is 10.6 Å². The highest BCUT2D eigenvalue weighted by Crippen LogP contribution is 2.40. The second-order valence-electron chi connectivity index (χ2n) is 8.68. The maximum Gasteiger partial charge on any atom is 0.352 e. The van der Waals surface area contributed by atoms with E-state index in [1.54, 1.807) is 19.2 Å². The third-order valence-corrected chi connectivity index (χ3v) is 7.81. The number of carboxylic acid groups (broad SMARTS) is 1. The summed E-state index contributed by atoms with van der Waals surface area (Å²) in [4.78, 5) is 49.1. The molecule has 1 fully saturated rings. The predicted octanol–water partition coefficient (Wildman–Crippen LogP) is 0.833. The standard InChI is InChI=1S/C23H23N7O5S2/c1-12(2)35-27-16(14-11-37-23(24)25-14)19(31)26-17-20(32)30-18(22(33)34)13(10-36-21(17)30)9-29-8-7-28-6-4-3-5-15(28)29/h3-8,11-12,17,21H,9-10H2,1-2H3,(H3-,24,25,26,31,33,34)/p+1/b27-16+/t17-,21-/m1/s1. The van der Waals surface area contributed by atoms with E-state index in [0.717, 1.165) is 17.0 Å². The van der Waals surface area contributed by atoms with Crippen molar-refractivity contribution in [2.45, 2.75) is 37.9 Å². The minimum atomic E-state index is -1.19. The number of hydrogen-bond donors (Lipinski definition) is 3. The van der Waals surface area contributed by atoms with E-state index in [1.807, 2.05) is 45.8 Å². The van der Waals surface area contributed by atoms with Gasteiger partial charge in [0.15, 0.2) is 10.8 Å². The molecule has 0 radical (unpaired) electrons. The SMILES string of the molecule is CC(C)O/N=C(/C(=O)N[C@@H]1C(=O)N2C(C(=O)O)=C(C[n+]3ccn4ccccc43)CS[C@H]12)c1csc(N)n1. The second-order valence-corrected chi connectivity index (χ2v) is 10.7. The number of amides is 2. The summed E-state index contributed by atoms with van der Waals surface area (Å²) >= 11 is 2.54. The number of nitrogens with two attached hydrogens (primary N) is 1. The number of nitrogens with one attached hydrogen (secondary N) is 1. The Labute approximate surface area is 219 Å². The highest BCUT2D eigenvalue weighted by molar-refractivity contribution is 8.00. The van der Waals surface area contributed by atoms with Crippen molar-refractivity contribution in [3.8, 4) is 0 Å². The zero-order chi connectivity index (χ0) is 26.3. The number of fused-ring (bicyclic) bond motifs is 2. The Kier molecular flexibility index (Phi) is 6.60. The number of carbonyl (C=O) groups is 3. The largest absolute Gasteiger partial charge is 0.477 e. The van der Waals surface area contributed by atoms with E-state index in [0.29, 0.717) is 17.9 Å². The van der Waals surface area contributed by atoms with Crippen LogP contribution < -0.4 is 15.6 Å². The molecule has 0 spiro atoms. The summed E-state index contributed by atoms with van der Waals surface area (Å²) in [6, 6.07) is 4.82. The van der Waals surface area contributed by atoms with Crippen molar-refractivity contribution in [1.82, 2.24) is 19.6 Å². The number of carboxylic acids is 1. The third kappa shape index (κ3) is 4.64. The van der Waals surface area contributed by atoms with Gasteiger partial charge in [-0.05, 0) is 19.9 Å². The molecule has 0 unspecified atom stereocenters. The smallest absolute Gasteiger partial charge is 0.352 e. The van der Waals surface area contributed by atoms with E-state index < -0.39 is 29.2 Å². The minimum absolute atomic E-state index is 0.0497. The first-order chi connectivity index (χ1) is 17.7. The first-order valence-corrected chi connectivity index (χ1v) is 13.3. The van der Waals surface area contributed by atoms with Crippen molar-refractivity contribution in [3.63, 3.8) is 0 Å². The van der Waals surface area contributed by atoms with Gasteiger partial charge in [0.05, 0.1) is 6.20 Å². The quantitative estimate of drug-likeness (QED) is 0.164. The van der Waals surface area contributed by atoms with Gasteiger partial charge in [-0.1, -0.05) is 11.2 Å². The fourth-order valence-corrected chi connectivity index (χ4v) is 6.04. The van der Waals surface area contributed by atoms with Crippen molar-refractivity contribution < 1.29 is 28.9 Å². The van der Waals surface area contributed by atoms with Gasteiger partial charge in [-0.2, -0.15) is 0 Å². The Balaban J connectivity index is 1.37. The van der Waals surface area contributed by atoms with Gasteiger partial charge in [-0.15, -0.1) is 23.1 Å². The normalized spacial score (nSPS) is 19.7. The number of pyridine rings is 1. The van der Waals surface area contributed by atoms with Gasteiger partial charge in [0.2, 0.25) is 0 Å².